The fourth-order valence-corrected chi connectivity index (χ4v) is 1.35. The van der Waals surface area contributed by atoms with Crippen molar-refractivity contribution in [2.45, 2.75) is 6.92 Å². The number of hydrogen-bond acceptors (Lipinski definition) is 1. The molecule has 0 aliphatic heterocycles. The quantitative estimate of drug-likeness (QED) is 0.671. The summed E-state index contributed by atoms with van der Waals surface area (Å²) < 4.78 is 13.3. The number of aryl methyl sites for hydroxylation is 1. The standard InChI is InChI=1S/C14H12FN/c1-11-6-8-13(9-7-11)16-10-12-4-2-3-5-14(12)15/h2-10H,1H3. The van der Waals surface area contributed by atoms with E-state index in [2.05, 4.69) is 4.99 Å². The zero-order valence-electron chi connectivity index (χ0n) is 9.02. The van der Waals surface area contributed by atoms with Crippen molar-refractivity contribution in [2.75, 3.05) is 0 Å². The average molecular weight is 213 g/mol. The van der Waals surface area contributed by atoms with Crippen LogP contribution >= 0.6 is 0 Å². The molecule has 0 atom stereocenters. The second kappa shape index (κ2) is 4.71. The van der Waals surface area contributed by atoms with Crippen LogP contribution in [-0.4, -0.2) is 6.21 Å². The van der Waals surface area contributed by atoms with Crippen LogP contribution in [-0.2, 0) is 0 Å². The summed E-state index contributed by atoms with van der Waals surface area (Å²) in [4.78, 5) is 4.21. The lowest BCUT2D eigenvalue weighted by atomic mass is 10.2. The Bertz CT molecular complexity index is 500. The summed E-state index contributed by atoms with van der Waals surface area (Å²) in [6.07, 6.45) is 1.54. The maximum Gasteiger partial charge on any atom is 0.131 e. The Labute approximate surface area is 94.3 Å². The number of nitrogens with zero attached hydrogens (tertiary/aromatic N) is 1. The molecule has 0 aromatic heterocycles. The number of aliphatic imine (C=N–C) groups is 1. The van der Waals surface area contributed by atoms with Crippen molar-refractivity contribution in [3.05, 3.63) is 65.5 Å². The van der Waals surface area contributed by atoms with Crippen LogP contribution in [0.5, 0.6) is 0 Å². The lowest BCUT2D eigenvalue weighted by Crippen LogP contribution is -1.85. The SMILES string of the molecule is Cc1ccc(N=Cc2ccccc2F)cc1. The minimum absolute atomic E-state index is 0.252. The summed E-state index contributed by atoms with van der Waals surface area (Å²) in [7, 11) is 0. The third-order valence-electron chi connectivity index (χ3n) is 2.29. The highest BCUT2D eigenvalue weighted by atomic mass is 19.1. The molecule has 0 heterocycles. The topological polar surface area (TPSA) is 12.4 Å². The first-order valence-electron chi connectivity index (χ1n) is 5.11. The Balaban J connectivity index is 2.21. The van der Waals surface area contributed by atoms with Gasteiger partial charge in [0.25, 0.3) is 0 Å². The van der Waals surface area contributed by atoms with Gasteiger partial charge in [0.1, 0.15) is 5.82 Å². The van der Waals surface area contributed by atoms with Crippen LogP contribution in [0.2, 0.25) is 0 Å². The van der Waals surface area contributed by atoms with E-state index in [1.165, 1.54) is 11.6 Å². The predicted octanol–water partition coefficient (Wildman–Crippen LogP) is 3.88. The van der Waals surface area contributed by atoms with E-state index in [9.17, 15) is 4.39 Å². The van der Waals surface area contributed by atoms with Crippen LogP contribution in [0.4, 0.5) is 10.1 Å². The molecule has 2 rings (SSSR count). The Morgan fingerprint density at radius 2 is 1.69 bits per heavy atom. The van der Waals surface area contributed by atoms with Gasteiger partial charge in [-0.1, -0.05) is 35.9 Å². The van der Waals surface area contributed by atoms with Crippen LogP contribution in [0.15, 0.2) is 53.5 Å². The van der Waals surface area contributed by atoms with Gasteiger partial charge in [0.15, 0.2) is 0 Å². The van der Waals surface area contributed by atoms with Crippen molar-refractivity contribution in [1.82, 2.24) is 0 Å². The van der Waals surface area contributed by atoms with Crippen molar-refractivity contribution in [3.63, 3.8) is 0 Å². The average Bonchev–Trinajstić information content (AvgIpc) is 2.30. The molecular formula is C14H12FN. The Hall–Kier alpha value is -1.96. The molecule has 0 unspecified atom stereocenters. The van der Waals surface area contributed by atoms with E-state index in [0.717, 1.165) is 5.69 Å². The third-order valence-corrected chi connectivity index (χ3v) is 2.29. The van der Waals surface area contributed by atoms with E-state index in [-0.39, 0.29) is 5.82 Å². The second-order valence-corrected chi connectivity index (χ2v) is 3.62. The van der Waals surface area contributed by atoms with Gasteiger partial charge in [-0.3, -0.25) is 4.99 Å². The molecule has 0 N–H and O–H groups in total. The zero-order chi connectivity index (χ0) is 11.4. The zero-order valence-corrected chi connectivity index (χ0v) is 9.02. The van der Waals surface area contributed by atoms with Crippen LogP contribution in [0.25, 0.3) is 0 Å². The second-order valence-electron chi connectivity index (χ2n) is 3.62. The molecule has 16 heavy (non-hydrogen) atoms. The largest absolute Gasteiger partial charge is 0.256 e. The summed E-state index contributed by atoms with van der Waals surface area (Å²) in [6.45, 7) is 2.02. The molecule has 1 nitrogen and oxygen atoms in total. The molecule has 2 aromatic carbocycles. The van der Waals surface area contributed by atoms with Crippen molar-refractivity contribution in [1.29, 1.82) is 0 Å². The van der Waals surface area contributed by atoms with E-state index in [1.807, 2.05) is 31.2 Å². The molecular weight excluding hydrogens is 201 g/mol. The molecule has 2 aromatic rings. The maximum atomic E-state index is 13.3. The smallest absolute Gasteiger partial charge is 0.131 e. The van der Waals surface area contributed by atoms with Crippen LogP contribution in [0.3, 0.4) is 0 Å². The molecule has 0 aliphatic carbocycles. The first-order chi connectivity index (χ1) is 7.75. The lowest BCUT2D eigenvalue weighted by Gasteiger charge is -1.96. The van der Waals surface area contributed by atoms with Crippen LogP contribution in [0.1, 0.15) is 11.1 Å². The summed E-state index contributed by atoms with van der Waals surface area (Å²) in [6, 6.07) is 14.4. The van der Waals surface area contributed by atoms with Gasteiger partial charge >= 0.3 is 0 Å². The summed E-state index contributed by atoms with van der Waals surface area (Å²) >= 11 is 0. The van der Waals surface area contributed by atoms with Gasteiger partial charge < -0.3 is 0 Å². The van der Waals surface area contributed by atoms with E-state index in [4.69, 9.17) is 0 Å². The van der Waals surface area contributed by atoms with Crippen molar-refractivity contribution in [3.8, 4) is 0 Å². The normalized spacial score (nSPS) is 10.9. The maximum absolute atomic E-state index is 13.3. The first-order valence-corrected chi connectivity index (χ1v) is 5.11. The first kappa shape index (κ1) is 10.6. The van der Waals surface area contributed by atoms with E-state index < -0.39 is 0 Å². The van der Waals surface area contributed by atoms with Crippen molar-refractivity contribution >= 4 is 11.9 Å². The number of hydrogen-bond donors (Lipinski definition) is 0. The summed E-state index contributed by atoms with van der Waals surface area (Å²) in [5.74, 6) is -0.252. The fourth-order valence-electron chi connectivity index (χ4n) is 1.35. The van der Waals surface area contributed by atoms with Gasteiger partial charge in [0, 0.05) is 11.8 Å². The van der Waals surface area contributed by atoms with Gasteiger partial charge in [0.2, 0.25) is 0 Å². The Kier molecular flexibility index (Phi) is 3.10. The molecule has 0 aliphatic rings. The molecule has 0 saturated carbocycles. The lowest BCUT2D eigenvalue weighted by molar-refractivity contribution is 0.626. The molecule has 80 valence electrons. The molecule has 0 spiro atoms. The highest BCUT2D eigenvalue weighted by molar-refractivity contribution is 5.82. The van der Waals surface area contributed by atoms with E-state index in [0.29, 0.717) is 5.56 Å². The monoisotopic (exact) mass is 213 g/mol. The highest BCUT2D eigenvalue weighted by Gasteiger charge is 1.95. The predicted molar refractivity (Wildman–Crippen MR) is 64.8 cm³/mol. The third kappa shape index (κ3) is 2.54. The van der Waals surface area contributed by atoms with Crippen LogP contribution in [0, 0.1) is 12.7 Å². The molecule has 0 saturated heterocycles. The van der Waals surface area contributed by atoms with Crippen molar-refractivity contribution < 1.29 is 4.39 Å². The molecule has 0 bridgehead atoms. The van der Waals surface area contributed by atoms with Gasteiger partial charge in [-0.2, -0.15) is 0 Å². The van der Waals surface area contributed by atoms with Gasteiger partial charge in [-0.15, -0.1) is 0 Å². The Morgan fingerprint density at radius 1 is 1.00 bits per heavy atom. The molecule has 0 radical (unpaired) electrons. The van der Waals surface area contributed by atoms with E-state index >= 15 is 0 Å². The minimum Gasteiger partial charge on any atom is -0.256 e. The minimum atomic E-state index is -0.252. The number of rotatable bonds is 2. The molecule has 0 fully saturated rings. The van der Waals surface area contributed by atoms with Crippen molar-refractivity contribution in [2.24, 2.45) is 4.99 Å². The highest BCUT2D eigenvalue weighted by Crippen LogP contribution is 2.13. The van der Waals surface area contributed by atoms with Crippen LogP contribution < -0.4 is 0 Å². The van der Waals surface area contributed by atoms with E-state index in [1.54, 1.807) is 24.4 Å². The van der Waals surface area contributed by atoms with Gasteiger partial charge in [-0.25, -0.2) is 4.39 Å². The summed E-state index contributed by atoms with van der Waals surface area (Å²) in [5.41, 5.74) is 2.52. The number of benzene rings is 2. The molecule has 2 heteroatoms. The van der Waals surface area contributed by atoms with Gasteiger partial charge in [-0.05, 0) is 25.1 Å². The summed E-state index contributed by atoms with van der Waals surface area (Å²) in [5, 5.41) is 0. The fraction of sp³-hybridized carbons (Fsp3) is 0.0714. The Morgan fingerprint density at radius 3 is 2.38 bits per heavy atom. The number of halogens is 1. The molecule has 0 amide bonds. The van der Waals surface area contributed by atoms with Gasteiger partial charge in [0.05, 0.1) is 5.69 Å².